The summed E-state index contributed by atoms with van der Waals surface area (Å²) in [6.45, 7) is 8.88. The van der Waals surface area contributed by atoms with Crippen LogP contribution in [0.3, 0.4) is 0 Å². The van der Waals surface area contributed by atoms with Crippen molar-refractivity contribution in [3.05, 3.63) is 51.3 Å². The maximum atomic E-state index is 13.0. The third-order valence-electron chi connectivity index (χ3n) is 5.55. The SMILES string of the molecule is Cc1nc(CC(C)C)sc1C(=O)N1CCN(Cc2nc(-c3cccc(C(F)(F)F)c3)no2)CC1. The van der Waals surface area contributed by atoms with E-state index in [-0.39, 0.29) is 17.3 Å². The molecular weight excluding hydrogens is 467 g/mol. The van der Waals surface area contributed by atoms with Gasteiger partial charge in [-0.1, -0.05) is 31.1 Å². The van der Waals surface area contributed by atoms with Crippen LogP contribution in [0.15, 0.2) is 28.8 Å². The third kappa shape index (κ3) is 5.64. The number of rotatable bonds is 6. The number of carbonyl (C=O) groups is 1. The van der Waals surface area contributed by atoms with Gasteiger partial charge in [-0.3, -0.25) is 9.69 Å². The first-order chi connectivity index (χ1) is 16.1. The fourth-order valence-electron chi connectivity index (χ4n) is 3.80. The molecule has 7 nitrogen and oxygen atoms in total. The lowest BCUT2D eigenvalue weighted by atomic mass is 10.1. The molecule has 3 heterocycles. The lowest BCUT2D eigenvalue weighted by Gasteiger charge is -2.33. The maximum absolute atomic E-state index is 13.0. The number of thiazole rings is 1. The molecule has 0 unspecified atom stereocenters. The van der Waals surface area contributed by atoms with Crippen molar-refractivity contribution in [3.8, 4) is 11.4 Å². The number of amides is 1. The van der Waals surface area contributed by atoms with Gasteiger partial charge in [0.1, 0.15) is 4.88 Å². The zero-order chi connectivity index (χ0) is 24.5. The Morgan fingerprint density at radius 3 is 2.59 bits per heavy atom. The first-order valence-corrected chi connectivity index (χ1v) is 11.9. The number of nitrogens with zero attached hydrogens (tertiary/aromatic N) is 5. The number of piperazine rings is 1. The van der Waals surface area contributed by atoms with E-state index in [1.807, 2.05) is 11.8 Å². The van der Waals surface area contributed by atoms with E-state index < -0.39 is 11.7 Å². The molecule has 1 saturated heterocycles. The minimum atomic E-state index is -4.44. The van der Waals surface area contributed by atoms with Crippen molar-refractivity contribution >= 4 is 17.2 Å². The largest absolute Gasteiger partial charge is 0.416 e. The average molecular weight is 494 g/mol. The number of carbonyl (C=O) groups excluding carboxylic acids is 1. The molecule has 1 aliphatic heterocycles. The number of hydrogen-bond acceptors (Lipinski definition) is 7. The molecule has 0 N–H and O–H groups in total. The van der Waals surface area contributed by atoms with Crippen LogP contribution in [-0.4, -0.2) is 57.0 Å². The summed E-state index contributed by atoms with van der Waals surface area (Å²) >= 11 is 1.48. The molecule has 2 aromatic heterocycles. The smallest absolute Gasteiger partial charge is 0.338 e. The summed E-state index contributed by atoms with van der Waals surface area (Å²) in [7, 11) is 0. The summed E-state index contributed by atoms with van der Waals surface area (Å²) in [6.07, 6.45) is -3.58. The lowest BCUT2D eigenvalue weighted by molar-refractivity contribution is -0.137. The predicted octanol–water partition coefficient (Wildman–Crippen LogP) is 4.68. The van der Waals surface area contributed by atoms with E-state index in [0.717, 1.165) is 29.3 Å². The van der Waals surface area contributed by atoms with Crippen LogP contribution in [0.4, 0.5) is 13.2 Å². The third-order valence-corrected chi connectivity index (χ3v) is 6.72. The minimum Gasteiger partial charge on any atom is -0.338 e. The Morgan fingerprint density at radius 2 is 1.91 bits per heavy atom. The predicted molar refractivity (Wildman–Crippen MR) is 121 cm³/mol. The van der Waals surface area contributed by atoms with E-state index in [0.29, 0.717) is 49.4 Å². The minimum absolute atomic E-state index is 0.00859. The second-order valence-corrected chi connectivity index (χ2v) is 9.86. The summed E-state index contributed by atoms with van der Waals surface area (Å²) in [5.41, 5.74) is 0.266. The van der Waals surface area contributed by atoms with Crippen LogP contribution in [0.5, 0.6) is 0 Å². The van der Waals surface area contributed by atoms with Crippen molar-refractivity contribution in [2.45, 2.75) is 39.9 Å². The molecule has 0 bridgehead atoms. The van der Waals surface area contributed by atoms with Crippen LogP contribution in [0.1, 0.15) is 45.7 Å². The zero-order valence-electron chi connectivity index (χ0n) is 19.2. The van der Waals surface area contributed by atoms with E-state index in [4.69, 9.17) is 4.52 Å². The highest BCUT2D eigenvalue weighted by Crippen LogP contribution is 2.31. The van der Waals surface area contributed by atoms with Gasteiger partial charge in [-0.25, -0.2) is 4.98 Å². The highest BCUT2D eigenvalue weighted by Gasteiger charge is 2.31. The van der Waals surface area contributed by atoms with Crippen molar-refractivity contribution in [1.82, 2.24) is 24.9 Å². The van der Waals surface area contributed by atoms with E-state index in [1.54, 1.807) is 0 Å². The van der Waals surface area contributed by atoms with Gasteiger partial charge in [-0.05, 0) is 25.0 Å². The normalized spacial score (nSPS) is 15.3. The molecule has 0 atom stereocenters. The van der Waals surface area contributed by atoms with Crippen molar-refractivity contribution in [1.29, 1.82) is 0 Å². The monoisotopic (exact) mass is 493 g/mol. The average Bonchev–Trinajstić information content (AvgIpc) is 3.39. The number of aromatic nitrogens is 3. The summed E-state index contributed by atoms with van der Waals surface area (Å²) in [4.78, 5) is 26.4. The van der Waals surface area contributed by atoms with Crippen molar-refractivity contribution < 1.29 is 22.5 Å². The van der Waals surface area contributed by atoms with Gasteiger partial charge >= 0.3 is 6.18 Å². The lowest BCUT2D eigenvalue weighted by Crippen LogP contribution is -2.48. The Hall–Kier alpha value is -2.79. The van der Waals surface area contributed by atoms with E-state index >= 15 is 0 Å². The van der Waals surface area contributed by atoms with Crippen LogP contribution < -0.4 is 0 Å². The highest BCUT2D eigenvalue weighted by atomic mass is 32.1. The molecule has 0 radical (unpaired) electrons. The molecule has 34 heavy (non-hydrogen) atoms. The second-order valence-electron chi connectivity index (χ2n) is 8.78. The van der Waals surface area contributed by atoms with Gasteiger partial charge in [0.25, 0.3) is 5.91 Å². The number of aryl methyl sites for hydroxylation is 1. The summed E-state index contributed by atoms with van der Waals surface area (Å²) in [6, 6.07) is 4.85. The first-order valence-electron chi connectivity index (χ1n) is 11.1. The Kier molecular flexibility index (Phi) is 7.04. The number of alkyl halides is 3. The van der Waals surface area contributed by atoms with Gasteiger partial charge in [-0.15, -0.1) is 11.3 Å². The molecule has 182 valence electrons. The van der Waals surface area contributed by atoms with Crippen LogP contribution >= 0.6 is 11.3 Å². The quantitative estimate of drug-likeness (QED) is 0.497. The van der Waals surface area contributed by atoms with Crippen molar-refractivity contribution in [2.24, 2.45) is 5.92 Å². The van der Waals surface area contributed by atoms with Crippen LogP contribution in [-0.2, 0) is 19.1 Å². The van der Waals surface area contributed by atoms with Crippen LogP contribution in [0, 0.1) is 12.8 Å². The molecule has 0 aliphatic carbocycles. The molecular formula is C23H26F3N5O2S. The summed E-state index contributed by atoms with van der Waals surface area (Å²) in [5, 5.41) is 4.83. The molecule has 0 spiro atoms. The topological polar surface area (TPSA) is 75.4 Å². The first kappa shape index (κ1) is 24.3. The van der Waals surface area contributed by atoms with E-state index in [2.05, 4.69) is 33.9 Å². The zero-order valence-corrected chi connectivity index (χ0v) is 20.0. The van der Waals surface area contributed by atoms with E-state index in [1.165, 1.54) is 23.5 Å². The fraction of sp³-hybridized carbons (Fsp3) is 0.478. The summed E-state index contributed by atoms with van der Waals surface area (Å²) < 4.78 is 44.2. The Bertz CT molecular complexity index is 1150. The molecule has 4 rings (SSSR count). The Balaban J connectivity index is 1.34. The number of hydrogen-bond donors (Lipinski definition) is 0. The van der Waals surface area contributed by atoms with Crippen molar-refractivity contribution in [3.63, 3.8) is 0 Å². The van der Waals surface area contributed by atoms with Crippen LogP contribution in [0.2, 0.25) is 0 Å². The molecule has 0 saturated carbocycles. The molecule has 1 aliphatic rings. The molecule has 1 aromatic carbocycles. The van der Waals surface area contributed by atoms with Gasteiger partial charge < -0.3 is 9.42 Å². The standard InChI is InChI=1S/C23H26F3N5O2S/c1-14(2)11-19-27-15(3)20(34-19)22(32)31-9-7-30(8-10-31)13-18-28-21(29-33-18)16-5-4-6-17(12-16)23(24,25)26/h4-6,12,14H,7-11,13H2,1-3H3. The summed E-state index contributed by atoms with van der Waals surface area (Å²) in [5.74, 6) is 0.932. The molecule has 1 amide bonds. The molecule has 11 heteroatoms. The Labute approximate surface area is 199 Å². The second kappa shape index (κ2) is 9.83. The highest BCUT2D eigenvalue weighted by molar-refractivity contribution is 7.13. The molecule has 1 fully saturated rings. The Morgan fingerprint density at radius 1 is 1.18 bits per heavy atom. The van der Waals surface area contributed by atoms with Gasteiger partial charge in [0, 0.05) is 38.2 Å². The number of halogens is 3. The fourth-order valence-corrected chi connectivity index (χ4v) is 5.05. The van der Waals surface area contributed by atoms with Gasteiger partial charge in [-0.2, -0.15) is 18.2 Å². The van der Waals surface area contributed by atoms with Gasteiger partial charge in [0.05, 0.1) is 22.8 Å². The van der Waals surface area contributed by atoms with E-state index in [9.17, 15) is 18.0 Å². The van der Waals surface area contributed by atoms with Gasteiger partial charge in [0.15, 0.2) is 0 Å². The number of benzene rings is 1. The van der Waals surface area contributed by atoms with Crippen molar-refractivity contribution in [2.75, 3.05) is 26.2 Å². The molecule has 3 aromatic rings. The maximum Gasteiger partial charge on any atom is 0.416 e. The van der Waals surface area contributed by atoms with Gasteiger partial charge in [0.2, 0.25) is 11.7 Å². The van der Waals surface area contributed by atoms with Crippen LogP contribution in [0.25, 0.3) is 11.4 Å².